The maximum atomic E-state index is 10.6. The number of hydrogen-bond acceptors (Lipinski definition) is 2. The Morgan fingerprint density at radius 1 is 1.15 bits per heavy atom. The second-order valence-corrected chi connectivity index (χ2v) is 9.86. The van der Waals surface area contributed by atoms with Gasteiger partial charge in [-0.15, -0.1) is 0 Å². The van der Waals surface area contributed by atoms with Gasteiger partial charge in [-0.2, -0.15) is 0 Å². The minimum atomic E-state index is -0.152. The number of phenolic OH excluding ortho intramolecular Hbond substituents is 1. The highest BCUT2D eigenvalue weighted by atomic mass is 16.3. The second kappa shape index (κ2) is 6.95. The van der Waals surface area contributed by atoms with Gasteiger partial charge in [0.2, 0.25) is 0 Å². The van der Waals surface area contributed by atoms with E-state index in [1.165, 1.54) is 43.2 Å². The third kappa shape index (κ3) is 3.05. The Bertz CT molecular complexity index is 747. The van der Waals surface area contributed by atoms with Crippen molar-refractivity contribution in [3.63, 3.8) is 0 Å². The first-order chi connectivity index (χ1) is 12.9. The van der Waals surface area contributed by atoms with Gasteiger partial charge in [0.15, 0.2) is 0 Å². The molecule has 0 heterocycles. The number of allylic oxidation sites excluding steroid dienone is 1. The number of phenols is 1. The molecular formula is C25H36O2. The predicted molar refractivity (Wildman–Crippen MR) is 111 cm³/mol. The number of aryl methyl sites for hydroxylation is 1. The van der Waals surface area contributed by atoms with Crippen molar-refractivity contribution in [2.45, 2.75) is 96.5 Å². The molecule has 2 N–H and O–H groups in total. The summed E-state index contributed by atoms with van der Waals surface area (Å²) in [7, 11) is 0. The van der Waals surface area contributed by atoms with Gasteiger partial charge in [0.05, 0.1) is 6.10 Å². The van der Waals surface area contributed by atoms with Crippen LogP contribution in [-0.4, -0.2) is 16.3 Å². The SMILES string of the molecule is CC[C@@]12CC[C@@]3(CCCC(C)C)C[C@@H](O)CC3=C1CCc1cc(O)ccc12. The zero-order valence-electron chi connectivity index (χ0n) is 17.4. The minimum Gasteiger partial charge on any atom is -0.508 e. The van der Waals surface area contributed by atoms with E-state index in [9.17, 15) is 10.2 Å². The quantitative estimate of drug-likeness (QED) is 0.622. The number of benzene rings is 1. The number of aliphatic hydroxyl groups is 1. The van der Waals surface area contributed by atoms with Crippen molar-refractivity contribution >= 4 is 0 Å². The van der Waals surface area contributed by atoms with E-state index in [4.69, 9.17) is 0 Å². The topological polar surface area (TPSA) is 40.5 Å². The third-order valence-corrected chi connectivity index (χ3v) is 7.97. The van der Waals surface area contributed by atoms with Gasteiger partial charge in [-0.25, -0.2) is 0 Å². The van der Waals surface area contributed by atoms with Gasteiger partial charge >= 0.3 is 0 Å². The zero-order chi connectivity index (χ0) is 19.2. The molecule has 3 aliphatic carbocycles. The monoisotopic (exact) mass is 368 g/mol. The van der Waals surface area contributed by atoms with Gasteiger partial charge in [-0.05, 0) is 86.0 Å². The summed E-state index contributed by atoms with van der Waals surface area (Å²) in [5.74, 6) is 1.16. The molecule has 0 unspecified atom stereocenters. The van der Waals surface area contributed by atoms with Crippen LogP contribution in [0.5, 0.6) is 5.75 Å². The Hall–Kier alpha value is -1.28. The summed E-state index contributed by atoms with van der Waals surface area (Å²) in [5, 5.41) is 20.6. The van der Waals surface area contributed by atoms with Crippen molar-refractivity contribution < 1.29 is 10.2 Å². The lowest BCUT2D eigenvalue weighted by Crippen LogP contribution is -2.41. The molecule has 3 aliphatic rings. The van der Waals surface area contributed by atoms with E-state index in [2.05, 4.69) is 26.8 Å². The predicted octanol–water partition coefficient (Wildman–Crippen LogP) is 6.04. The van der Waals surface area contributed by atoms with Crippen molar-refractivity contribution in [2.24, 2.45) is 11.3 Å². The van der Waals surface area contributed by atoms with Crippen LogP contribution in [0.1, 0.15) is 89.7 Å². The van der Waals surface area contributed by atoms with Gasteiger partial charge in [-0.1, -0.05) is 50.8 Å². The summed E-state index contributed by atoms with van der Waals surface area (Å²) >= 11 is 0. The Morgan fingerprint density at radius 3 is 2.70 bits per heavy atom. The van der Waals surface area contributed by atoms with Crippen LogP contribution in [0.2, 0.25) is 0 Å². The molecule has 0 aliphatic heterocycles. The van der Waals surface area contributed by atoms with E-state index in [-0.39, 0.29) is 16.9 Å². The van der Waals surface area contributed by atoms with Gasteiger partial charge in [0.1, 0.15) is 5.75 Å². The smallest absolute Gasteiger partial charge is 0.115 e. The number of hydrogen-bond donors (Lipinski definition) is 2. The Balaban J connectivity index is 1.77. The minimum absolute atomic E-state index is 0.141. The lowest BCUT2D eigenvalue weighted by Gasteiger charge is -2.50. The standard InChI is InChI=1S/C25H36O2/c1-4-25-13-12-24(11-5-6-17(2)3)16-20(27)15-23(24)22(25)9-7-18-14-19(26)8-10-21(18)25/h8,10,14,17,20,26-27H,4-7,9,11-13,15-16H2,1-3H3/t20-,24-,25-/m0/s1. The van der Waals surface area contributed by atoms with Crippen LogP contribution in [0, 0.1) is 11.3 Å². The van der Waals surface area contributed by atoms with E-state index in [0.717, 1.165) is 38.0 Å². The lowest BCUT2D eigenvalue weighted by atomic mass is 9.53. The summed E-state index contributed by atoms with van der Waals surface area (Å²) in [6.07, 6.45) is 11.2. The molecule has 0 radical (unpaired) electrons. The van der Waals surface area contributed by atoms with Crippen molar-refractivity contribution in [1.29, 1.82) is 0 Å². The van der Waals surface area contributed by atoms with Gasteiger partial charge in [0.25, 0.3) is 0 Å². The van der Waals surface area contributed by atoms with Crippen LogP contribution < -0.4 is 0 Å². The highest BCUT2D eigenvalue weighted by Crippen LogP contribution is 2.62. The van der Waals surface area contributed by atoms with Crippen molar-refractivity contribution in [2.75, 3.05) is 0 Å². The molecule has 2 heteroatoms. The average Bonchev–Trinajstić information content (AvgIpc) is 2.96. The highest BCUT2D eigenvalue weighted by molar-refractivity contribution is 5.52. The molecule has 4 rings (SSSR count). The molecule has 27 heavy (non-hydrogen) atoms. The lowest BCUT2D eigenvalue weighted by molar-refractivity contribution is 0.141. The molecule has 0 saturated heterocycles. The maximum absolute atomic E-state index is 10.6. The Labute approximate surface area is 164 Å². The number of rotatable bonds is 5. The van der Waals surface area contributed by atoms with E-state index in [1.807, 2.05) is 12.1 Å². The van der Waals surface area contributed by atoms with Crippen LogP contribution in [0.3, 0.4) is 0 Å². The van der Waals surface area contributed by atoms with Crippen molar-refractivity contribution in [3.8, 4) is 5.75 Å². The first-order valence-corrected chi connectivity index (χ1v) is 11.1. The molecule has 1 saturated carbocycles. The van der Waals surface area contributed by atoms with E-state index >= 15 is 0 Å². The van der Waals surface area contributed by atoms with Crippen LogP contribution >= 0.6 is 0 Å². The fourth-order valence-electron chi connectivity index (χ4n) is 6.70. The number of aromatic hydroxyl groups is 1. The third-order valence-electron chi connectivity index (χ3n) is 7.97. The summed E-state index contributed by atoms with van der Waals surface area (Å²) in [6.45, 7) is 6.97. The van der Waals surface area contributed by atoms with Crippen LogP contribution in [0.4, 0.5) is 0 Å². The largest absolute Gasteiger partial charge is 0.508 e. The fourth-order valence-corrected chi connectivity index (χ4v) is 6.70. The van der Waals surface area contributed by atoms with E-state index < -0.39 is 0 Å². The molecule has 0 aromatic heterocycles. The summed E-state index contributed by atoms with van der Waals surface area (Å²) in [5.41, 5.74) is 6.49. The normalized spacial score (nSPS) is 32.4. The summed E-state index contributed by atoms with van der Waals surface area (Å²) in [4.78, 5) is 0. The molecule has 1 fully saturated rings. The molecule has 1 aromatic carbocycles. The fraction of sp³-hybridized carbons (Fsp3) is 0.680. The molecule has 0 amide bonds. The number of aliphatic hydroxyl groups excluding tert-OH is 1. The van der Waals surface area contributed by atoms with Crippen LogP contribution in [0.15, 0.2) is 29.3 Å². The summed E-state index contributed by atoms with van der Waals surface area (Å²) in [6, 6.07) is 6.05. The average molecular weight is 369 g/mol. The maximum Gasteiger partial charge on any atom is 0.115 e. The van der Waals surface area contributed by atoms with Crippen LogP contribution in [-0.2, 0) is 11.8 Å². The molecule has 2 nitrogen and oxygen atoms in total. The van der Waals surface area contributed by atoms with Gasteiger partial charge < -0.3 is 10.2 Å². The van der Waals surface area contributed by atoms with Crippen molar-refractivity contribution in [3.05, 3.63) is 40.5 Å². The highest BCUT2D eigenvalue weighted by Gasteiger charge is 2.53. The number of fused-ring (bicyclic) bond motifs is 4. The summed E-state index contributed by atoms with van der Waals surface area (Å²) < 4.78 is 0. The molecule has 0 bridgehead atoms. The first-order valence-electron chi connectivity index (χ1n) is 11.1. The Morgan fingerprint density at radius 2 is 1.96 bits per heavy atom. The Kier molecular flexibility index (Phi) is 4.91. The van der Waals surface area contributed by atoms with Gasteiger partial charge in [0, 0.05) is 5.41 Å². The van der Waals surface area contributed by atoms with Crippen molar-refractivity contribution in [1.82, 2.24) is 0 Å². The molecule has 0 spiro atoms. The first kappa shape index (κ1) is 19.1. The molecule has 3 atom stereocenters. The van der Waals surface area contributed by atoms with E-state index in [1.54, 1.807) is 11.1 Å². The van der Waals surface area contributed by atoms with Crippen LogP contribution in [0.25, 0.3) is 0 Å². The molecular weight excluding hydrogens is 332 g/mol. The molecule has 1 aromatic rings. The van der Waals surface area contributed by atoms with E-state index in [0.29, 0.717) is 5.75 Å². The van der Waals surface area contributed by atoms with Gasteiger partial charge in [-0.3, -0.25) is 0 Å². The second-order valence-electron chi connectivity index (χ2n) is 9.86. The zero-order valence-corrected chi connectivity index (χ0v) is 17.4. The molecule has 148 valence electrons.